The Labute approximate surface area is 189 Å². The highest BCUT2D eigenvalue weighted by atomic mass is 35.5. The first-order chi connectivity index (χ1) is 15.3. The predicted molar refractivity (Wildman–Crippen MR) is 118 cm³/mol. The van der Waals surface area contributed by atoms with Gasteiger partial charge in [0.2, 0.25) is 5.91 Å². The number of hydrogen-bond donors (Lipinski definition) is 2. The molecule has 0 aliphatic carbocycles. The molecular weight excluding hydrogens is 435 g/mol. The third-order valence-electron chi connectivity index (χ3n) is 5.74. The molecule has 166 valence electrons. The van der Waals surface area contributed by atoms with Crippen molar-refractivity contribution in [3.63, 3.8) is 0 Å². The van der Waals surface area contributed by atoms with E-state index in [0.717, 1.165) is 0 Å². The number of nitrogens with zero attached hydrogens (tertiary/aromatic N) is 2. The zero-order chi connectivity index (χ0) is 23.0. The van der Waals surface area contributed by atoms with Gasteiger partial charge in [-0.25, -0.2) is 9.18 Å². The fraction of sp³-hybridized carbons (Fsp3) is 0.261. The molecule has 0 bridgehead atoms. The van der Waals surface area contributed by atoms with Crippen molar-refractivity contribution in [1.82, 2.24) is 15.1 Å². The van der Waals surface area contributed by atoms with Crippen LogP contribution in [-0.2, 0) is 9.59 Å². The van der Waals surface area contributed by atoms with Gasteiger partial charge in [0.1, 0.15) is 11.9 Å². The van der Waals surface area contributed by atoms with Gasteiger partial charge in [-0.05, 0) is 49.7 Å². The van der Waals surface area contributed by atoms with Crippen molar-refractivity contribution in [2.75, 3.05) is 18.4 Å². The minimum atomic E-state index is -0.821. The Kier molecular flexibility index (Phi) is 5.88. The quantitative estimate of drug-likeness (QED) is 0.720. The molecule has 0 unspecified atom stereocenters. The van der Waals surface area contributed by atoms with E-state index in [1.54, 1.807) is 31.2 Å². The molecule has 0 fully saturated rings. The summed E-state index contributed by atoms with van der Waals surface area (Å²) in [7, 11) is 0. The number of hydrogen-bond acceptors (Lipinski definition) is 3. The van der Waals surface area contributed by atoms with Crippen LogP contribution in [0.1, 0.15) is 25.5 Å². The zero-order valence-electron chi connectivity index (χ0n) is 17.6. The highest BCUT2D eigenvalue weighted by molar-refractivity contribution is 6.31. The lowest BCUT2D eigenvalue weighted by atomic mass is 9.95. The molecule has 2 N–H and O–H groups in total. The summed E-state index contributed by atoms with van der Waals surface area (Å²) in [6.07, 6.45) is 0. The Morgan fingerprint density at radius 1 is 1.22 bits per heavy atom. The number of rotatable bonds is 5. The Morgan fingerprint density at radius 2 is 1.91 bits per heavy atom. The lowest BCUT2D eigenvalue weighted by molar-refractivity contribution is -0.133. The first-order valence-corrected chi connectivity index (χ1v) is 10.6. The van der Waals surface area contributed by atoms with E-state index < -0.39 is 23.8 Å². The maximum atomic E-state index is 13.5. The molecule has 4 amide bonds. The maximum absolute atomic E-state index is 13.5. The van der Waals surface area contributed by atoms with Gasteiger partial charge < -0.3 is 15.5 Å². The molecule has 0 saturated heterocycles. The molecule has 0 aromatic heterocycles. The van der Waals surface area contributed by atoms with Crippen LogP contribution in [0.3, 0.4) is 0 Å². The Morgan fingerprint density at radius 3 is 2.56 bits per heavy atom. The zero-order valence-corrected chi connectivity index (χ0v) is 18.3. The van der Waals surface area contributed by atoms with E-state index in [1.807, 2.05) is 6.92 Å². The summed E-state index contributed by atoms with van der Waals surface area (Å²) in [6, 6.07) is 10.6. The van der Waals surface area contributed by atoms with Crippen LogP contribution >= 0.6 is 11.6 Å². The molecule has 2 aromatic rings. The number of urea groups is 1. The number of benzene rings is 2. The van der Waals surface area contributed by atoms with Gasteiger partial charge in [0.15, 0.2) is 0 Å². The van der Waals surface area contributed by atoms with Gasteiger partial charge in [-0.15, -0.1) is 0 Å². The van der Waals surface area contributed by atoms with Crippen LogP contribution in [0.25, 0.3) is 0 Å². The Bertz CT molecular complexity index is 1120. The third kappa shape index (κ3) is 3.82. The second-order valence-electron chi connectivity index (χ2n) is 7.61. The first-order valence-electron chi connectivity index (χ1n) is 10.2. The molecule has 2 atom stereocenters. The lowest BCUT2D eigenvalue weighted by Crippen LogP contribution is -2.47. The highest BCUT2D eigenvalue weighted by Crippen LogP contribution is 2.39. The molecular formula is C23H22ClFN4O3. The van der Waals surface area contributed by atoms with E-state index in [9.17, 15) is 18.8 Å². The molecule has 0 saturated carbocycles. The summed E-state index contributed by atoms with van der Waals surface area (Å²) in [5, 5.41) is 6.00. The van der Waals surface area contributed by atoms with Crippen LogP contribution in [0.5, 0.6) is 0 Å². The summed E-state index contributed by atoms with van der Waals surface area (Å²) < 4.78 is 13.1. The minimum Gasteiger partial charge on any atom is -0.326 e. The van der Waals surface area contributed by atoms with Gasteiger partial charge in [-0.3, -0.25) is 14.5 Å². The molecule has 7 nitrogen and oxygen atoms in total. The number of nitrogens with one attached hydrogen (secondary N) is 2. The van der Waals surface area contributed by atoms with Crippen molar-refractivity contribution in [1.29, 1.82) is 0 Å². The molecule has 2 aromatic carbocycles. The number of amides is 4. The predicted octanol–water partition coefficient (Wildman–Crippen LogP) is 3.69. The van der Waals surface area contributed by atoms with Crippen molar-refractivity contribution in [3.8, 4) is 0 Å². The molecule has 32 heavy (non-hydrogen) atoms. The van der Waals surface area contributed by atoms with Gasteiger partial charge >= 0.3 is 6.03 Å². The maximum Gasteiger partial charge on any atom is 0.322 e. The third-order valence-corrected chi connectivity index (χ3v) is 6.09. The fourth-order valence-corrected chi connectivity index (χ4v) is 4.27. The van der Waals surface area contributed by atoms with Crippen molar-refractivity contribution in [3.05, 3.63) is 76.2 Å². The molecule has 9 heteroatoms. The van der Waals surface area contributed by atoms with Crippen LogP contribution in [0.15, 0.2) is 59.8 Å². The molecule has 0 spiro atoms. The number of halogens is 2. The molecule has 2 aliphatic rings. The fourth-order valence-electron chi connectivity index (χ4n) is 4.02. The van der Waals surface area contributed by atoms with Gasteiger partial charge in [0.25, 0.3) is 5.91 Å². The molecule has 4 rings (SSSR count). The van der Waals surface area contributed by atoms with E-state index in [4.69, 9.17) is 11.6 Å². The normalized spacial score (nSPS) is 19.1. The van der Waals surface area contributed by atoms with Gasteiger partial charge in [0, 0.05) is 17.3 Å². The van der Waals surface area contributed by atoms with Crippen LogP contribution in [-0.4, -0.2) is 46.8 Å². The van der Waals surface area contributed by atoms with Crippen molar-refractivity contribution in [2.24, 2.45) is 0 Å². The second kappa shape index (κ2) is 8.63. The van der Waals surface area contributed by atoms with Gasteiger partial charge in [-0.2, -0.15) is 0 Å². The summed E-state index contributed by atoms with van der Waals surface area (Å²) in [5.74, 6) is -1.17. The molecule has 2 heterocycles. The largest absolute Gasteiger partial charge is 0.326 e. The van der Waals surface area contributed by atoms with E-state index in [-0.39, 0.29) is 18.5 Å². The van der Waals surface area contributed by atoms with Crippen LogP contribution in [0.4, 0.5) is 14.9 Å². The average molecular weight is 457 g/mol. The number of anilines is 1. The van der Waals surface area contributed by atoms with E-state index in [2.05, 4.69) is 10.6 Å². The van der Waals surface area contributed by atoms with E-state index in [0.29, 0.717) is 34.1 Å². The van der Waals surface area contributed by atoms with Crippen molar-refractivity contribution < 1.29 is 18.8 Å². The molecule has 2 aliphatic heterocycles. The van der Waals surface area contributed by atoms with Crippen LogP contribution in [0, 0.1) is 5.82 Å². The average Bonchev–Trinajstić information content (AvgIpc) is 3.11. The molecule has 0 radical (unpaired) electrons. The van der Waals surface area contributed by atoms with Gasteiger partial charge in [-0.1, -0.05) is 29.8 Å². The summed E-state index contributed by atoms with van der Waals surface area (Å²) >= 11 is 6.36. The topological polar surface area (TPSA) is 81.8 Å². The van der Waals surface area contributed by atoms with Crippen molar-refractivity contribution in [2.45, 2.75) is 25.9 Å². The van der Waals surface area contributed by atoms with Crippen LogP contribution < -0.4 is 10.6 Å². The first kappa shape index (κ1) is 21.8. The summed E-state index contributed by atoms with van der Waals surface area (Å²) in [5.41, 5.74) is 2.01. The minimum absolute atomic E-state index is 0.119. The number of likely N-dealkylation sites (N-methyl/N-ethyl adjacent to an activating group) is 1. The highest BCUT2D eigenvalue weighted by Gasteiger charge is 2.46. The number of carbonyl (C=O) groups excluding carboxylic acids is 3. The Hall–Kier alpha value is -3.39. The SMILES string of the molecule is CCN1C(=O)N[C@@H](c2ccccc2Cl)C2=C1CN([C@H](C)C(=O)Nc1ccc(F)cc1)C2=O. The van der Waals surface area contributed by atoms with E-state index in [1.165, 1.54) is 34.1 Å². The second-order valence-corrected chi connectivity index (χ2v) is 8.02. The van der Waals surface area contributed by atoms with Crippen molar-refractivity contribution >= 4 is 35.1 Å². The smallest absolute Gasteiger partial charge is 0.322 e. The summed E-state index contributed by atoms with van der Waals surface area (Å²) in [6.45, 7) is 3.93. The monoisotopic (exact) mass is 456 g/mol. The van der Waals surface area contributed by atoms with Gasteiger partial charge in [0.05, 0.1) is 23.9 Å². The summed E-state index contributed by atoms with van der Waals surface area (Å²) in [4.78, 5) is 42.0. The Balaban J connectivity index is 1.62. The lowest BCUT2D eigenvalue weighted by Gasteiger charge is -2.33. The number of carbonyl (C=O) groups is 3. The van der Waals surface area contributed by atoms with Crippen LogP contribution in [0.2, 0.25) is 5.02 Å². The van der Waals surface area contributed by atoms with E-state index >= 15 is 0 Å². The standard InChI is InChI=1S/C23H22ClFN4O3/c1-3-28-18-12-29(13(2)21(30)26-15-10-8-14(25)9-11-15)22(31)19(18)20(27-23(28)32)16-6-4-5-7-17(16)24/h4-11,13,20H,3,12H2,1-2H3,(H,26,30)(H,27,32)/t13-,20+/m1/s1.